The molecule has 1 aliphatic carbocycles. The molecule has 0 bridgehead atoms. The van der Waals surface area contributed by atoms with E-state index in [1.807, 2.05) is 6.20 Å². The summed E-state index contributed by atoms with van der Waals surface area (Å²) < 4.78 is 4.98. The third kappa shape index (κ3) is 3.10. The van der Waals surface area contributed by atoms with E-state index < -0.39 is 0 Å². The molecule has 2 amide bonds. The Hall–Kier alpha value is -2.64. The van der Waals surface area contributed by atoms with Gasteiger partial charge in [0.1, 0.15) is 12.1 Å². The molecule has 0 saturated carbocycles. The van der Waals surface area contributed by atoms with Crippen LogP contribution in [-0.2, 0) is 12.8 Å². The fourth-order valence-corrected chi connectivity index (χ4v) is 2.40. The molecule has 2 heterocycles. The number of nitrogens with zero attached hydrogens (tertiary/aromatic N) is 3. The van der Waals surface area contributed by atoms with E-state index in [0.717, 1.165) is 30.5 Å². The molecule has 8 nitrogen and oxygen atoms in total. The summed E-state index contributed by atoms with van der Waals surface area (Å²) in [5, 5.41) is 12.6. The average Bonchev–Trinajstić information content (AvgIpc) is 2.95. The fourth-order valence-electron chi connectivity index (χ4n) is 2.40. The zero-order chi connectivity index (χ0) is 14.7. The van der Waals surface area contributed by atoms with Gasteiger partial charge in [-0.25, -0.2) is 14.8 Å². The van der Waals surface area contributed by atoms with Crippen molar-refractivity contribution >= 4 is 11.8 Å². The Morgan fingerprint density at radius 3 is 3.24 bits per heavy atom. The number of nitrogens with one attached hydrogen (secondary N) is 3. The van der Waals surface area contributed by atoms with E-state index in [4.69, 9.17) is 4.74 Å². The van der Waals surface area contributed by atoms with Gasteiger partial charge in [0.05, 0.1) is 13.3 Å². The summed E-state index contributed by atoms with van der Waals surface area (Å²) >= 11 is 0. The molecule has 0 spiro atoms. The summed E-state index contributed by atoms with van der Waals surface area (Å²) in [4.78, 5) is 19.8. The molecule has 8 heteroatoms. The molecule has 3 rings (SSSR count). The van der Waals surface area contributed by atoms with Crippen LogP contribution in [0.4, 0.5) is 10.6 Å². The number of hydrogen-bond donors (Lipinski definition) is 3. The first-order valence-electron chi connectivity index (χ1n) is 6.69. The number of aromatic amines is 1. The Labute approximate surface area is 121 Å². The Morgan fingerprint density at radius 2 is 2.38 bits per heavy atom. The predicted octanol–water partition coefficient (Wildman–Crippen LogP) is 0.887. The van der Waals surface area contributed by atoms with Crippen LogP contribution in [0.3, 0.4) is 0 Å². The molecule has 2 aromatic rings. The van der Waals surface area contributed by atoms with Crippen LogP contribution in [0.15, 0.2) is 18.6 Å². The molecule has 1 atom stereocenters. The number of urea groups is 1. The molecule has 0 saturated heterocycles. The SMILES string of the molecule is COc1cc(NC(=O)NC2CCc3[nH]ncc3C2)ncn1. The zero-order valence-corrected chi connectivity index (χ0v) is 11.6. The van der Waals surface area contributed by atoms with Crippen molar-refractivity contribution < 1.29 is 9.53 Å². The number of aryl methyl sites for hydroxylation is 1. The maximum Gasteiger partial charge on any atom is 0.320 e. The largest absolute Gasteiger partial charge is 0.481 e. The highest BCUT2D eigenvalue weighted by Crippen LogP contribution is 2.19. The zero-order valence-electron chi connectivity index (χ0n) is 11.6. The summed E-state index contributed by atoms with van der Waals surface area (Å²) in [6.45, 7) is 0. The second-order valence-electron chi connectivity index (χ2n) is 4.86. The van der Waals surface area contributed by atoms with Crippen LogP contribution in [-0.4, -0.2) is 39.3 Å². The first-order chi connectivity index (χ1) is 10.2. The predicted molar refractivity (Wildman–Crippen MR) is 75.1 cm³/mol. The first kappa shape index (κ1) is 13.3. The number of carbonyl (C=O) groups is 1. The summed E-state index contributed by atoms with van der Waals surface area (Å²) in [6, 6.07) is 1.38. The van der Waals surface area contributed by atoms with Crippen molar-refractivity contribution in [3.05, 3.63) is 29.8 Å². The van der Waals surface area contributed by atoms with Crippen LogP contribution in [0.5, 0.6) is 5.88 Å². The van der Waals surface area contributed by atoms with Gasteiger partial charge in [0.15, 0.2) is 0 Å². The number of hydrogen-bond acceptors (Lipinski definition) is 5. The number of ether oxygens (including phenoxy) is 1. The maximum absolute atomic E-state index is 12.0. The molecule has 0 fully saturated rings. The van der Waals surface area contributed by atoms with Crippen LogP contribution < -0.4 is 15.4 Å². The Balaban J connectivity index is 1.57. The number of rotatable bonds is 3. The maximum atomic E-state index is 12.0. The normalized spacial score (nSPS) is 16.9. The monoisotopic (exact) mass is 288 g/mol. The molecular weight excluding hydrogens is 272 g/mol. The lowest BCUT2D eigenvalue weighted by atomic mass is 9.94. The molecule has 0 aliphatic heterocycles. The summed E-state index contributed by atoms with van der Waals surface area (Å²) in [5.74, 6) is 0.806. The minimum atomic E-state index is -0.285. The fraction of sp³-hybridized carbons (Fsp3) is 0.385. The van der Waals surface area contributed by atoms with Crippen molar-refractivity contribution in [2.75, 3.05) is 12.4 Å². The van der Waals surface area contributed by atoms with Crippen molar-refractivity contribution in [2.24, 2.45) is 0 Å². The minimum Gasteiger partial charge on any atom is -0.481 e. The van der Waals surface area contributed by atoms with Gasteiger partial charge in [-0.05, 0) is 24.8 Å². The van der Waals surface area contributed by atoms with Crippen molar-refractivity contribution in [1.29, 1.82) is 0 Å². The van der Waals surface area contributed by atoms with E-state index in [9.17, 15) is 4.79 Å². The molecule has 110 valence electrons. The minimum absolute atomic E-state index is 0.0961. The van der Waals surface area contributed by atoms with Gasteiger partial charge >= 0.3 is 6.03 Å². The van der Waals surface area contributed by atoms with Gasteiger partial charge in [-0.3, -0.25) is 10.4 Å². The van der Waals surface area contributed by atoms with Crippen LogP contribution in [0.1, 0.15) is 17.7 Å². The standard InChI is InChI=1S/C13H16N6O2/c1-21-12-5-11(14-7-15-12)18-13(20)17-9-2-3-10-8(4-9)6-16-19-10/h5-7,9H,2-4H2,1H3,(H,16,19)(H2,14,15,17,18,20). The van der Waals surface area contributed by atoms with Crippen molar-refractivity contribution in [3.63, 3.8) is 0 Å². The van der Waals surface area contributed by atoms with E-state index in [0.29, 0.717) is 11.7 Å². The van der Waals surface area contributed by atoms with Gasteiger partial charge in [0.25, 0.3) is 0 Å². The second-order valence-corrected chi connectivity index (χ2v) is 4.86. The van der Waals surface area contributed by atoms with E-state index >= 15 is 0 Å². The van der Waals surface area contributed by atoms with E-state index in [1.54, 1.807) is 6.07 Å². The summed E-state index contributed by atoms with van der Waals surface area (Å²) in [7, 11) is 1.51. The number of fused-ring (bicyclic) bond motifs is 1. The van der Waals surface area contributed by atoms with Gasteiger partial charge in [0, 0.05) is 17.8 Å². The topological polar surface area (TPSA) is 105 Å². The average molecular weight is 288 g/mol. The molecule has 21 heavy (non-hydrogen) atoms. The Bertz CT molecular complexity index is 641. The van der Waals surface area contributed by atoms with E-state index in [-0.39, 0.29) is 12.1 Å². The van der Waals surface area contributed by atoms with E-state index in [2.05, 4.69) is 30.8 Å². The van der Waals surface area contributed by atoms with Crippen molar-refractivity contribution in [2.45, 2.75) is 25.3 Å². The quantitative estimate of drug-likeness (QED) is 0.778. The number of methoxy groups -OCH3 is 1. The number of H-pyrrole nitrogens is 1. The Kier molecular flexibility index (Phi) is 3.67. The third-order valence-corrected chi connectivity index (χ3v) is 3.44. The first-order valence-corrected chi connectivity index (χ1v) is 6.69. The van der Waals surface area contributed by atoms with Crippen LogP contribution >= 0.6 is 0 Å². The molecule has 1 aliphatic rings. The third-order valence-electron chi connectivity index (χ3n) is 3.44. The summed E-state index contributed by atoms with van der Waals surface area (Å²) in [5.41, 5.74) is 2.32. The number of carbonyl (C=O) groups excluding carboxylic acids is 1. The lowest BCUT2D eigenvalue weighted by Gasteiger charge is -2.22. The smallest absolute Gasteiger partial charge is 0.320 e. The highest BCUT2D eigenvalue weighted by molar-refractivity contribution is 5.88. The molecule has 0 radical (unpaired) electrons. The van der Waals surface area contributed by atoms with Gasteiger partial charge in [-0.15, -0.1) is 0 Å². The Morgan fingerprint density at radius 1 is 1.48 bits per heavy atom. The van der Waals surface area contributed by atoms with E-state index in [1.165, 1.54) is 13.4 Å². The van der Waals surface area contributed by atoms with Crippen LogP contribution in [0.2, 0.25) is 0 Å². The van der Waals surface area contributed by atoms with Crippen LogP contribution in [0, 0.1) is 0 Å². The number of amides is 2. The highest BCUT2D eigenvalue weighted by atomic mass is 16.5. The van der Waals surface area contributed by atoms with Gasteiger partial charge in [-0.1, -0.05) is 0 Å². The van der Waals surface area contributed by atoms with Crippen LogP contribution in [0.25, 0.3) is 0 Å². The second kappa shape index (κ2) is 5.78. The molecule has 2 aromatic heterocycles. The number of anilines is 1. The van der Waals surface area contributed by atoms with Crippen molar-refractivity contribution in [3.8, 4) is 5.88 Å². The summed E-state index contributed by atoms with van der Waals surface area (Å²) in [6.07, 6.45) is 5.72. The lowest BCUT2D eigenvalue weighted by molar-refractivity contribution is 0.247. The molecule has 0 aromatic carbocycles. The van der Waals surface area contributed by atoms with Crippen molar-refractivity contribution in [1.82, 2.24) is 25.5 Å². The number of aromatic nitrogens is 4. The molecular formula is C13H16N6O2. The van der Waals surface area contributed by atoms with Gasteiger partial charge in [0.2, 0.25) is 5.88 Å². The molecule has 3 N–H and O–H groups in total. The van der Waals surface area contributed by atoms with Gasteiger partial charge in [-0.2, -0.15) is 5.10 Å². The molecule has 1 unspecified atom stereocenters. The highest BCUT2D eigenvalue weighted by Gasteiger charge is 2.21. The lowest BCUT2D eigenvalue weighted by Crippen LogP contribution is -2.41. The van der Waals surface area contributed by atoms with Gasteiger partial charge < -0.3 is 10.1 Å².